The van der Waals surface area contributed by atoms with Gasteiger partial charge < -0.3 is 25.3 Å². The van der Waals surface area contributed by atoms with Gasteiger partial charge in [-0.25, -0.2) is 9.97 Å². The molecule has 2 aromatic carbocycles. The minimum absolute atomic E-state index is 0.0275. The van der Waals surface area contributed by atoms with Crippen LogP contribution in [0.3, 0.4) is 0 Å². The van der Waals surface area contributed by atoms with Gasteiger partial charge in [0.25, 0.3) is 17.0 Å². The SMILES string of the molecule is C=CC(C)(C)c1[nH]cnc1/C=C1\NC(=O)CN(C(C)=O)C1=O.C=CC(C)(C)c1[nH]cnc1/C=c1\[nH]c(=O)/c(=C/c2ccccc2)[nH]c1=O.O=Cc1ccccc1. The average Bonchev–Trinajstić information content (AvgIpc) is 3.87. The maximum atomic E-state index is 12.4. The molecule has 14 heteroatoms. The zero-order valence-electron chi connectivity index (χ0n) is 31.8. The van der Waals surface area contributed by atoms with E-state index in [1.165, 1.54) is 19.3 Å². The summed E-state index contributed by atoms with van der Waals surface area (Å²) in [5.74, 6) is -1.43. The number of benzene rings is 2. The van der Waals surface area contributed by atoms with Gasteiger partial charge in [0.05, 0.1) is 35.4 Å². The standard InChI is InChI=1S/C20H20N4O2.C15H18N4O3.C7H6O/c1-4-20(2,3)17-14(21-12-22-17)11-16-19(26)23-15(18(25)24-16)10-13-8-6-5-7-9-13;1-5-15(3,4)13-10(16-8-17-13)6-11-14(22)19(9(2)20)7-12(21)18-11;8-6-7-4-2-1-3-5-7/h4-12H,1H2,2-3H3,(H,21,22)(H,23,26)(H,24,25);5-6,8H,1,7H2,2-4H3,(H,16,17)(H,18,21);1-6H/b15-10-,16-11-;11-6-;. The first-order valence-corrected chi connectivity index (χ1v) is 17.4. The number of nitrogens with zero attached hydrogens (tertiary/aromatic N) is 3. The van der Waals surface area contributed by atoms with Crippen molar-refractivity contribution in [3.05, 3.63) is 170 Å². The molecular formula is C42H44N8O6. The maximum absolute atomic E-state index is 12.4. The Balaban J connectivity index is 0.000000210. The first kappa shape index (κ1) is 41.5. The lowest BCUT2D eigenvalue weighted by Crippen LogP contribution is -2.51. The molecular weight excluding hydrogens is 713 g/mol. The molecule has 6 rings (SSSR count). The number of allylic oxidation sites excluding steroid dienone is 2. The largest absolute Gasteiger partial charge is 0.347 e. The summed E-state index contributed by atoms with van der Waals surface area (Å²) in [5.41, 5.74) is 2.75. The number of nitrogens with one attached hydrogen (secondary N) is 5. The van der Waals surface area contributed by atoms with Gasteiger partial charge in [-0.1, -0.05) is 101 Å². The molecule has 0 atom stereocenters. The van der Waals surface area contributed by atoms with Crippen molar-refractivity contribution in [3.8, 4) is 0 Å². The number of carbonyl (C=O) groups is 4. The van der Waals surface area contributed by atoms with Gasteiger partial charge in [-0.2, -0.15) is 0 Å². The monoisotopic (exact) mass is 756 g/mol. The van der Waals surface area contributed by atoms with Crippen LogP contribution in [-0.4, -0.2) is 65.4 Å². The molecule has 0 bridgehead atoms. The van der Waals surface area contributed by atoms with Gasteiger partial charge in [-0.3, -0.25) is 33.7 Å². The maximum Gasteiger partial charge on any atom is 0.277 e. The molecule has 0 aliphatic carbocycles. The number of carbonyl (C=O) groups excluding carboxylic acids is 4. The molecule has 0 spiro atoms. The molecule has 1 saturated heterocycles. The second kappa shape index (κ2) is 18.2. The Hall–Kier alpha value is -7.22. The summed E-state index contributed by atoms with van der Waals surface area (Å²) in [5, 5.41) is 2.83. The van der Waals surface area contributed by atoms with E-state index in [0.29, 0.717) is 11.4 Å². The zero-order chi connectivity index (χ0) is 41.0. The Morgan fingerprint density at radius 3 is 1.62 bits per heavy atom. The third-order valence-corrected chi connectivity index (χ3v) is 8.67. The summed E-state index contributed by atoms with van der Waals surface area (Å²) in [7, 11) is 0. The molecule has 4 heterocycles. The fourth-order valence-corrected chi connectivity index (χ4v) is 5.24. The number of hydrogen-bond acceptors (Lipinski definition) is 8. The average molecular weight is 757 g/mol. The molecule has 0 unspecified atom stereocenters. The van der Waals surface area contributed by atoms with Crippen molar-refractivity contribution in [1.29, 1.82) is 0 Å². The van der Waals surface area contributed by atoms with Gasteiger partial charge in [-0.05, 0) is 23.8 Å². The molecule has 3 aromatic heterocycles. The molecule has 56 heavy (non-hydrogen) atoms. The van der Waals surface area contributed by atoms with Gasteiger partial charge in [0, 0.05) is 23.3 Å². The summed E-state index contributed by atoms with van der Waals surface area (Å²) < 4.78 is 0. The minimum Gasteiger partial charge on any atom is -0.347 e. The zero-order valence-corrected chi connectivity index (χ0v) is 31.8. The second-order valence-electron chi connectivity index (χ2n) is 13.7. The number of hydrogen-bond donors (Lipinski definition) is 5. The van der Waals surface area contributed by atoms with Crippen LogP contribution in [0.5, 0.6) is 0 Å². The van der Waals surface area contributed by atoms with Crippen molar-refractivity contribution in [1.82, 2.24) is 40.1 Å². The molecule has 0 radical (unpaired) electrons. The van der Waals surface area contributed by atoms with Gasteiger partial charge in [-0.15, -0.1) is 13.2 Å². The number of aromatic amines is 4. The van der Waals surface area contributed by atoms with Crippen LogP contribution in [0, 0.1) is 0 Å². The summed E-state index contributed by atoms with van der Waals surface area (Å²) in [6, 6.07) is 18.4. The molecule has 1 aliphatic heterocycles. The highest BCUT2D eigenvalue weighted by Gasteiger charge is 2.31. The van der Waals surface area contributed by atoms with Gasteiger partial charge in [0.1, 0.15) is 29.2 Å². The van der Waals surface area contributed by atoms with E-state index in [1.54, 1.807) is 42.8 Å². The molecule has 5 aromatic rings. The van der Waals surface area contributed by atoms with Crippen molar-refractivity contribution < 1.29 is 19.2 Å². The summed E-state index contributed by atoms with van der Waals surface area (Å²) in [4.78, 5) is 90.7. The Morgan fingerprint density at radius 1 is 0.714 bits per heavy atom. The molecule has 288 valence electrons. The van der Waals surface area contributed by atoms with Crippen LogP contribution in [0.2, 0.25) is 0 Å². The van der Waals surface area contributed by atoms with E-state index in [0.717, 1.165) is 33.7 Å². The van der Waals surface area contributed by atoms with E-state index < -0.39 is 23.3 Å². The van der Waals surface area contributed by atoms with Crippen LogP contribution >= 0.6 is 0 Å². The highest BCUT2D eigenvalue weighted by Crippen LogP contribution is 2.27. The van der Waals surface area contributed by atoms with E-state index >= 15 is 0 Å². The molecule has 14 nitrogen and oxygen atoms in total. The van der Waals surface area contributed by atoms with E-state index in [1.807, 2.05) is 76.2 Å². The molecule has 0 saturated carbocycles. The number of amides is 3. The second-order valence-corrected chi connectivity index (χ2v) is 13.7. The highest BCUT2D eigenvalue weighted by atomic mass is 16.2. The number of aldehydes is 1. The number of rotatable bonds is 8. The van der Waals surface area contributed by atoms with Crippen molar-refractivity contribution in [3.63, 3.8) is 0 Å². The smallest absolute Gasteiger partial charge is 0.277 e. The summed E-state index contributed by atoms with van der Waals surface area (Å²) in [6.07, 6.45) is 12.1. The van der Waals surface area contributed by atoms with Crippen molar-refractivity contribution in [2.75, 3.05) is 6.54 Å². The van der Waals surface area contributed by atoms with Gasteiger partial charge in [0.15, 0.2) is 0 Å². The van der Waals surface area contributed by atoms with Crippen molar-refractivity contribution >= 4 is 42.2 Å². The highest BCUT2D eigenvalue weighted by molar-refractivity contribution is 6.12. The lowest BCUT2D eigenvalue weighted by molar-refractivity contribution is -0.147. The summed E-state index contributed by atoms with van der Waals surface area (Å²) in [6.45, 7) is 16.4. The number of imide groups is 1. The lowest BCUT2D eigenvalue weighted by atomic mass is 9.88. The Labute approximate surface area is 322 Å². The number of piperazine rings is 1. The van der Waals surface area contributed by atoms with E-state index in [4.69, 9.17) is 0 Å². The Kier molecular flexibility index (Phi) is 13.5. The normalized spacial score (nSPS) is 14.2. The van der Waals surface area contributed by atoms with Crippen LogP contribution in [0.1, 0.15) is 73.3 Å². The minimum atomic E-state index is -0.544. The fourth-order valence-electron chi connectivity index (χ4n) is 5.24. The number of aromatic nitrogens is 6. The lowest BCUT2D eigenvalue weighted by Gasteiger charge is -2.25. The first-order valence-electron chi connectivity index (χ1n) is 17.4. The predicted octanol–water partition coefficient (Wildman–Crippen LogP) is 3.13. The Morgan fingerprint density at radius 2 is 1.18 bits per heavy atom. The third-order valence-electron chi connectivity index (χ3n) is 8.67. The number of H-pyrrole nitrogens is 4. The van der Waals surface area contributed by atoms with E-state index in [9.17, 15) is 28.8 Å². The molecule has 1 aliphatic rings. The molecule has 1 fully saturated rings. The van der Waals surface area contributed by atoms with E-state index in [2.05, 4.69) is 48.4 Å². The topological polar surface area (TPSA) is 207 Å². The van der Waals surface area contributed by atoms with Crippen LogP contribution in [0.4, 0.5) is 0 Å². The van der Waals surface area contributed by atoms with Crippen LogP contribution in [-0.2, 0) is 25.2 Å². The molecule has 3 amide bonds. The molecule has 5 N–H and O–H groups in total. The van der Waals surface area contributed by atoms with Crippen molar-refractivity contribution in [2.45, 2.75) is 45.4 Å². The Bertz CT molecular complexity index is 2500. The van der Waals surface area contributed by atoms with Crippen molar-refractivity contribution in [2.24, 2.45) is 0 Å². The number of imidazole rings is 2. The van der Waals surface area contributed by atoms with Gasteiger partial charge >= 0.3 is 0 Å². The van der Waals surface area contributed by atoms with Crippen LogP contribution < -0.4 is 27.1 Å². The fraction of sp³-hybridized carbons (Fsp3) is 0.190. The van der Waals surface area contributed by atoms with E-state index in [-0.39, 0.29) is 39.3 Å². The first-order chi connectivity index (χ1) is 26.6. The third kappa shape index (κ3) is 10.5. The van der Waals surface area contributed by atoms with Crippen LogP contribution in [0.15, 0.2) is 114 Å². The predicted molar refractivity (Wildman–Crippen MR) is 214 cm³/mol. The quantitative estimate of drug-likeness (QED) is 0.0902. The summed E-state index contributed by atoms with van der Waals surface area (Å²) >= 11 is 0. The van der Waals surface area contributed by atoms with Gasteiger partial charge in [0.2, 0.25) is 11.8 Å². The van der Waals surface area contributed by atoms with Crippen LogP contribution in [0.25, 0.3) is 18.2 Å².